The Labute approximate surface area is 133 Å². The Bertz CT molecular complexity index is 812. The van der Waals surface area contributed by atoms with Gasteiger partial charge in [0.2, 0.25) is 0 Å². The van der Waals surface area contributed by atoms with Gasteiger partial charge in [0, 0.05) is 46.8 Å². The van der Waals surface area contributed by atoms with Crippen molar-refractivity contribution in [3.63, 3.8) is 0 Å². The first-order valence-corrected chi connectivity index (χ1v) is 7.69. The lowest BCUT2D eigenvalue weighted by Gasteiger charge is -2.34. The quantitative estimate of drug-likeness (QED) is 0.700. The molecule has 0 aromatic carbocycles. The molecule has 3 rings (SSSR count). The maximum absolute atomic E-state index is 12.4. The topological polar surface area (TPSA) is 88.5 Å². The second kappa shape index (κ2) is 6.26. The number of hydrogen-bond acceptors (Lipinski definition) is 6. The van der Waals surface area contributed by atoms with Crippen LogP contribution in [0, 0.1) is 0 Å². The number of nitrogens with zero attached hydrogens (tertiary/aromatic N) is 6. The van der Waals surface area contributed by atoms with Crippen LogP contribution in [-0.2, 0) is 20.8 Å². The Morgan fingerprint density at radius 3 is 2.39 bits per heavy atom. The van der Waals surface area contributed by atoms with Crippen LogP contribution in [0.5, 0.6) is 0 Å². The average Bonchev–Trinajstić information content (AvgIpc) is 2.97. The Balaban J connectivity index is 1.85. The summed E-state index contributed by atoms with van der Waals surface area (Å²) < 4.78 is 4.31. The average molecular weight is 322 g/mol. The fourth-order valence-electron chi connectivity index (χ4n) is 3.02. The van der Waals surface area contributed by atoms with Gasteiger partial charge in [-0.1, -0.05) is 0 Å². The molecule has 1 aliphatic rings. The van der Waals surface area contributed by atoms with E-state index >= 15 is 0 Å². The van der Waals surface area contributed by atoms with Gasteiger partial charge in [0.25, 0.3) is 5.56 Å². The third-order valence-electron chi connectivity index (χ3n) is 4.45. The van der Waals surface area contributed by atoms with Gasteiger partial charge in [-0.15, -0.1) is 0 Å². The minimum Gasteiger partial charge on any atom is -0.395 e. The van der Waals surface area contributed by atoms with Gasteiger partial charge in [-0.2, -0.15) is 0 Å². The van der Waals surface area contributed by atoms with E-state index in [4.69, 9.17) is 5.11 Å². The fourth-order valence-corrected chi connectivity index (χ4v) is 3.02. The molecular formula is C14H22N6O3. The van der Waals surface area contributed by atoms with E-state index in [1.807, 2.05) is 0 Å². The molecule has 1 N–H and O–H groups in total. The van der Waals surface area contributed by atoms with E-state index in [1.54, 1.807) is 17.9 Å². The number of aliphatic hydroxyl groups excluding tert-OH is 1. The molecule has 2 aromatic rings. The molecule has 0 spiro atoms. The summed E-state index contributed by atoms with van der Waals surface area (Å²) in [5.41, 5.74) is 0.175. The van der Waals surface area contributed by atoms with Crippen molar-refractivity contribution in [2.24, 2.45) is 14.1 Å². The van der Waals surface area contributed by atoms with Gasteiger partial charge >= 0.3 is 5.69 Å². The summed E-state index contributed by atoms with van der Waals surface area (Å²) in [5, 5.41) is 8.98. The van der Waals surface area contributed by atoms with Gasteiger partial charge in [0.15, 0.2) is 11.2 Å². The highest BCUT2D eigenvalue weighted by Crippen LogP contribution is 2.09. The number of aryl methyl sites for hydroxylation is 1. The second-order valence-corrected chi connectivity index (χ2v) is 5.92. The van der Waals surface area contributed by atoms with Gasteiger partial charge in [-0.3, -0.25) is 23.7 Å². The Morgan fingerprint density at radius 2 is 1.74 bits per heavy atom. The molecule has 3 heterocycles. The predicted molar refractivity (Wildman–Crippen MR) is 85.3 cm³/mol. The minimum absolute atomic E-state index is 0.177. The molecule has 9 nitrogen and oxygen atoms in total. The van der Waals surface area contributed by atoms with Crippen LogP contribution in [0.15, 0.2) is 15.9 Å². The van der Waals surface area contributed by atoms with Crippen LogP contribution in [0.1, 0.15) is 0 Å². The summed E-state index contributed by atoms with van der Waals surface area (Å²) in [6, 6.07) is 0. The number of aliphatic hydroxyl groups is 1. The number of fused-ring (bicyclic) bond motifs is 1. The lowest BCUT2D eigenvalue weighted by atomic mass is 10.3. The van der Waals surface area contributed by atoms with Crippen LogP contribution < -0.4 is 11.2 Å². The molecular weight excluding hydrogens is 300 g/mol. The highest BCUT2D eigenvalue weighted by molar-refractivity contribution is 5.69. The molecule has 0 saturated carbocycles. The maximum Gasteiger partial charge on any atom is 0.332 e. The van der Waals surface area contributed by atoms with Crippen molar-refractivity contribution in [3.05, 3.63) is 27.2 Å². The molecule has 1 fully saturated rings. The third kappa shape index (κ3) is 2.82. The first-order chi connectivity index (χ1) is 11.0. The number of aromatic nitrogens is 4. The summed E-state index contributed by atoms with van der Waals surface area (Å²) in [6.07, 6.45) is 1.62. The molecule has 2 aromatic heterocycles. The van der Waals surface area contributed by atoms with E-state index in [2.05, 4.69) is 14.8 Å². The number of β-amino-alcohol motifs (C(OH)–C–C–N with tert-alkyl or cyclic N) is 1. The summed E-state index contributed by atoms with van der Waals surface area (Å²) in [7, 11) is 3.10. The molecule has 126 valence electrons. The van der Waals surface area contributed by atoms with E-state index in [-0.39, 0.29) is 17.9 Å². The van der Waals surface area contributed by atoms with Gasteiger partial charge in [-0.05, 0) is 0 Å². The molecule has 0 atom stereocenters. The molecule has 1 aliphatic heterocycles. The minimum atomic E-state index is -0.370. The molecule has 9 heteroatoms. The van der Waals surface area contributed by atoms with E-state index < -0.39 is 0 Å². The van der Waals surface area contributed by atoms with Crippen LogP contribution in [0.3, 0.4) is 0 Å². The van der Waals surface area contributed by atoms with E-state index in [0.29, 0.717) is 24.4 Å². The van der Waals surface area contributed by atoms with Gasteiger partial charge in [0.1, 0.15) is 0 Å². The molecule has 0 radical (unpaired) electrons. The van der Waals surface area contributed by atoms with Crippen LogP contribution in [0.4, 0.5) is 0 Å². The highest BCUT2D eigenvalue weighted by atomic mass is 16.3. The highest BCUT2D eigenvalue weighted by Gasteiger charge is 2.19. The zero-order valence-corrected chi connectivity index (χ0v) is 13.5. The van der Waals surface area contributed by atoms with Gasteiger partial charge < -0.3 is 9.67 Å². The number of hydrogen-bond donors (Lipinski definition) is 1. The largest absolute Gasteiger partial charge is 0.395 e. The molecule has 0 unspecified atom stereocenters. The van der Waals surface area contributed by atoms with Crippen molar-refractivity contribution >= 4 is 11.2 Å². The Morgan fingerprint density at radius 1 is 1.09 bits per heavy atom. The number of piperazine rings is 1. The van der Waals surface area contributed by atoms with Crippen molar-refractivity contribution < 1.29 is 5.11 Å². The lowest BCUT2D eigenvalue weighted by molar-refractivity contribution is 0.0940. The predicted octanol–water partition coefficient (Wildman–Crippen LogP) is -2.00. The maximum atomic E-state index is 12.4. The Hall–Kier alpha value is -1.97. The van der Waals surface area contributed by atoms with Crippen LogP contribution in [0.25, 0.3) is 11.2 Å². The smallest absolute Gasteiger partial charge is 0.332 e. The zero-order chi connectivity index (χ0) is 16.6. The second-order valence-electron chi connectivity index (χ2n) is 5.92. The van der Waals surface area contributed by atoms with E-state index in [1.165, 1.54) is 11.6 Å². The molecule has 23 heavy (non-hydrogen) atoms. The monoisotopic (exact) mass is 322 g/mol. The fraction of sp³-hybridized carbons (Fsp3) is 0.643. The number of imidazole rings is 1. The van der Waals surface area contributed by atoms with Crippen molar-refractivity contribution in [1.29, 1.82) is 0 Å². The molecule has 0 aliphatic carbocycles. The molecule has 0 bridgehead atoms. The van der Waals surface area contributed by atoms with Gasteiger partial charge in [0.05, 0.1) is 19.6 Å². The Kier molecular flexibility index (Phi) is 4.33. The van der Waals surface area contributed by atoms with Crippen LogP contribution >= 0.6 is 0 Å². The first-order valence-electron chi connectivity index (χ1n) is 7.69. The summed E-state index contributed by atoms with van der Waals surface area (Å²) in [4.78, 5) is 33.0. The van der Waals surface area contributed by atoms with Crippen molar-refractivity contribution in [1.82, 2.24) is 28.5 Å². The van der Waals surface area contributed by atoms with E-state index in [9.17, 15) is 9.59 Å². The first kappa shape index (κ1) is 15.9. The SMILES string of the molecule is Cn1c(=O)c2c(ncn2CN2CCN(CCO)CC2)n(C)c1=O. The van der Waals surface area contributed by atoms with Gasteiger partial charge in [-0.25, -0.2) is 9.78 Å². The summed E-state index contributed by atoms with van der Waals surface area (Å²) in [6.45, 7) is 4.96. The molecule has 0 amide bonds. The number of rotatable bonds is 4. The lowest BCUT2D eigenvalue weighted by Crippen LogP contribution is -2.47. The van der Waals surface area contributed by atoms with E-state index in [0.717, 1.165) is 30.7 Å². The normalized spacial score (nSPS) is 17.2. The molecule has 1 saturated heterocycles. The standard InChI is InChI=1S/C14H22N6O3/c1-16-12-11(13(22)17(2)14(16)23)20(9-15-12)10-19-5-3-18(4-6-19)7-8-21/h9,21H,3-8,10H2,1-2H3. The third-order valence-corrected chi connectivity index (χ3v) is 4.45. The van der Waals surface area contributed by atoms with Crippen molar-refractivity contribution in [2.45, 2.75) is 6.67 Å². The van der Waals surface area contributed by atoms with Crippen molar-refractivity contribution in [2.75, 3.05) is 39.3 Å². The summed E-state index contributed by atoms with van der Waals surface area (Å²) >= 11 is 0. The summed E-state index contributed by atoms with van der Waals surface area (Å²) in [5.74, 6) is 0. The van der Waals surface area contributed by atoms with Crippen molar-refractivity contribution in [3.8, 4) is 0 Å². The zero-order valence-electron chi connectivity index (χ0n) is 13.5. The van der Waals surface area contributed by atoms with Crippen LogP contribution in [-0.4, -0.2) is 72.9 Å². The van der Waals surface area contributed by atoms with Crippen LogP contribution in [0.2, 0.25) is 0 Å².